The minimum absolute atomic E-state index is 0.226. The SMILES string of the molecule is Cc1nc(SCCC(=O)N2CCNCC2)oc1C. The van der Waals surface area contributed by atoms with Gasteiger partial charge in [0.05, 0.1) is 5.69 Å². The fourth-order valence-corrected chi connectivity index (χ4v) is 2.64. The number of amides is 1. The normalized spacial score (nSPS) is 16.0. The summed E-state index contributed by atoms with van der Waals surface area (Å²) in [6, 6.07) is 0. The lowest BCUT2D eigenvalue weighted by atomic mass is 10.3. The fourth-order valence-electron chi connectivity index (χ4n) is 1.80. The molecule has 0 unspecified atom stereocenters. The molecular weight excluding hydrogens is 250 g/mol. The van der Waals surface area contributed by atoms with Crippen molar-refractivity contribution in [2.75, 3.05) is 31.9 Å². The van der Waals surface area contributed by atoms with E-state index in [-0.39, 0.29) is 5.91 Å². The Bertz CT molecular complexity index is 394. The Morgan fingerprint density at radius 2 is 2.17 bits per heavy atom. The van der Waals surface area contributed by atoms with Gasteiger partial charge in [-0.1, -0.05) is 11.8 Å². The molecule has 1 aliphatic rings. The second-order valence-electron chi connectivity index (χ2n) is 4.35. The molecule has 2 heterocycles. The number of piperazine rings is 1. The van der Waals surface area contributed by atoms with Gasteiger partial charge in [-0.15, -0.1) is 0 Å². The second kappa shape index (κ2) is 6.24. The Hall–Kier alpha value is -1.01. The topological polar surface area (TPSA) is 58.4 Å². The van der Waals surface area contributed by atoms with Gasteiger partial charge >= 0.3 is 0 Å². The van der Waals surface area contributed by atoms with Gasteiger partial charge in [0.15, 0.2) is 0 Å². The standard InChI is InChI=1S/C12H19N3O2S/c1-9-10(2)17-12(14-9)18-8-3-11(16)15-6-4-13-5-7-15/h13H,3-8H2,1-2H3. The maximum atomic E-state index is 11.9. The van der Waals surface area contributed by atoms with E-state index in [1.54, 1.807) is 0 Å². The predicted molar refractivity (Wildman–Crippen MR) is 70.8 cm³/mol. The lowest BCUT2D eigenvalue weighted by molar-refractivity contribution is -0.131. The summed E-state index contributed by atoms with van der Waals surface area (Å²) in [5.74, 6) is 1.80. The summed E-state index contributed by atoms with van der Waals surface area (Å²) < 4.78 is 5.46. The van der Waals surface area contributed by atoms with Gasteiger partial charge < -0.3 is 14.6 Å². The number of aromatic nitrogens is 1. The number of rotatable bonds is 4. The molecular formula is C12H19N3O2S. The Kier molecular flexibility index (Phi) is 4.66. The van der Waals surface area contributed by atoms with E-state index < -0.39 is 0 Å². The monoisotopic (exact) mass is 269 g/mol. The van der Waals surface area contributed by atoms with Crippen molar-refractivity contribution in [2.45, 2.75) is 25.5 Å². The van der Waals surface area contributed by atoms with Crippen LogP contribution in [0.5, 0.6) is 0 Å². The van der Waals surface area contributed by atoms with Crippen LogP contribution in [0.1, 0.15) is 17.9 Å². The number of hydrogen-bond donors (Lipinski definition) is 1. The van der Waals surface area contributed by atoms with Crippen LogP contribution in [0.2, 0.25) is 0 Å². The number of thioether (sulfide) groups is 1. The first-order valence-corrected chi connectivity index (χ1v) is 7.20. The van der Waals surface area contributed by atoms with Crippen molar-refractivity contribution in [3.63, 3.8) is 0 Å². The third-order valence-corrected chi connectivity index (χ3v) is 3.85. The van der Waals surface area contributed by atoms with Crippen LogP contribution in [0.4, 0.5) is 0 Å². The molecule has 1 aromatic heterocycles. The van der Waals surface area contributed by atoms with Gasteiger partial charge in [0, 0.05) is 38.4 Å². The molecule has 100 valence electrons. The Morgan fingerprint density at radius 1 is 1.44 bits per heavy atom. The zero-order valence-electron chi connectivity index (χ0n) is 10.9. The van der Waals surface area contributed by atoms with Crippen LogP contribution in [-0.2, 0) is 4.79 Å². The molecule has 0 aliphatic carbocycles. The van der Waals surface area contributed by atoms with Crippen LogP contribution in [0, 0.1) is 13.8 Å². The van der Waals surface area contributed by atoms with Gasteiger partial charge in [-0.2, -0.15) is 0 Å². The van der Waals surface area contributed by atoms with Crippen molar-refractivity contribution in [3.05, 3.63) is 11.5 Å². The summed E-state index contributed by atoms with van der Waals surface area (Å²) in [6.07, 6.45) is 0.547. The second-order valence-corrected chi connectivity index (χ2v) is 5.40. The highest BCUT2D eigenvalue weighted by molar-refractivity contribution is 7.99. The van der Waals surface area contributed by atoms with Crippen molar-refractivity contribution in [1.29, 1.82) is 0 Å². The third-order valence-electron chi connectivity index (χ3n) is 3.02. The van der Waals surface area contributed by atoms with Crippen LogP contribution in [-0.4, -0.2) is 47.7 Å². The van der Waals surface area contributed by atoms with Crippen LogP contribution in [0.3, 0.4) is 0 Å². The third kappa shape index (κ3) is 3.49. The number of nitrogens with one attached hydrogen (secondary N) is 1. The van der Waals surface area contributed by atoms with E-state index in [1.807, 2.05) is 18.7 Å². The lowest BCUT2D eigenvalue weighted by Gasteiger charge is -2.27. The summed E-state index contributed by atoms with van der Waals surface area (Å²) in [5.41, 5.74) is 0.922. The van der Waals surface area contributed by atoms with Gasteiger partial charge in [0.2, 0.25) is 5.91 Å². The summed E-state index contributed by atoms with van der Waals surface area (Å²) in [7, 11) is 0. The molecule has 1 aliphatic heterocycles. The van der Waals surface area contributed by atoms with Crippen molar-refractivity contribution < 1.29 is 9.21 Å². The van der Waals surface area contributed by atoms with E-state index in [0.717, 1.165) is 43.4 Å². The highest BCUT2D eigenvalue weighted by Crippen LogP contribution is 2.20. The van der Waals surface area contributed by atoms with E-state index in [9.17, 15) is 4.79 Å². The summed E-state index contributed by atoms with van der Waals surface area (Å²) >= 11 is 1.51. The van der Waals surface area contributed by atoms with Crippen molar-refractivity contribution >= 4 is 17.7 Å². The number of carbonyl (C=O) groups is 1. The first kappa shape index (κ1) is 13.4. The molecule has 1 aromatic rings. The molecule has 1 N–H and O–H groups in total. The van der Waals surface area contributed by atoms with Crippen molar-refractivity contribution in [2.24, 2.45) is 0 Å². The van der Waals surface area contributed by atoms with Crippen LogP contribution in [0.25, 0.3) is 0 Å². The summed E-state index contributed by atoms with van der Waals surface area (Å²) in [6.45, 7) is 7.27. The Balaban J connectivity index is 1.72. The van der Waals surface area contributed by atoms with Gasteiger partial charge in [0.1, 0.15) is 5.76 Å². The molecule has 1 fully saturated rings. The summed E-state index contributed by atoms with van der Waals surface area (Å²) in [4.78, 5) is 18.1. The van der Waals surface area contributed by atoms with Crippen LogP contribution in [0.15, 0.2) is 9.64 Å². The van der Waals surface area contributed by atoms with E-state index in [1.165, 1.54) is 11.8 Å². The maximum absolute atomic E-state index is 11.9. The zero-order valence-corrected chi connectivity index (χ0v) is 11.7. The smallest absolute Gasteiger partial charge is 0.256 e. The highest BCUT2D eigenvalue weighted by Gasteiger charge is 2.16. The van der Waals surface area contributed by atoms with E-state index >= 15 is 0 Å². The summed E-state index contributed by atoms with van der Waals surface area (Å²) in [5, 5.41) is 3.90. The van der Waals surface area contributed by atoms with Gasteiger partial charge in [0.25, 0.3) is 5.22 Å². The highest BCUT2D eigenvalue weighted by atomic mass is 32.2. The number of oxazole rings is 1. The molecule has 18 heavy (non-hydrogen) atoms. The van der Waals surface area contributed by atoms with E-state index in [0.29, 0.717) is 11.6 Å². The van der Waals surface area contributed by atoms with Gasteiger partial charge in [-0.05, 0) is 13.8 Å². The Labute approximate surface area is 111 Å². The number of carbonyl (C=O) groups excluding carboxylic acids is 1. The van der Waals surface area contributed by atoms with Crippen molar-refractivity contribution in [1.82, 2.24) is 15.2 Å². The lowest BCUT2D eigenvalue weighted by Crippen LogP contribution is -2.46. The van der Waals surface area contributed by atoms with Crippen molar-refractivity contribution in [3.8, 4) is 0 Å². The maximum Gasteiger partial charge on any atom is 0.256 e. The molecule has 0 aromatic carbocycles. The predicted octanol–water partition coefficient (Wildman–Crippen LogP) is 1.21. The number of hydrogen-bond acceptors (Lipinski definition) is 5. The molecule has 6 heteroatoms. The molecule has 0 radical (unpaired) electrons. The molecule has 1 amide bonds. The molecule has 0 atom stereocenters. The van der Waals surface area contributed by atoms with Gasteiger partial charge in [-0.25, -0.2) is 4.98 Å². The largest absolute Gasteiger partial charge is 0.437 e. The molecule has 5 nitrogen and oxygen atoms in total. The first-order valence-electron chi connectivity index (χ1n) is 6.22. The average Bonchev–Trinajstić information content (AvgIpc) is 2.69. The number of aryl methyl sites for hydroxylation is 2. The fraction of sp³-hybridized carbons (Fsp3) is 0.667. The van der Waals surface area contributed by atoms with E-state index in [2.05, 4.69) is 10.3 Å². The molecule has 2 rings (SSSR count). The minimum atomic E-state index is 0.226. The molecule has 0 saturated carbocycles. The van der Waals surface area contributed by atoms with Gasteiger partial charge in [-0.3, -0.25) is 4.79 Å². The first-order chi connectivity index (χ1) is 8.66. The van der Waals surface area contributed by atoms with Crippen LogP contribution >= 0.6 is 11.8 Å². The number of nitrogens with zero attached hydrogens (tertiary/aromatic N) is 2. The van der Waals surface area contributed by atoms with E-state index in [4.69, 9.17) is 4.42 Å². The molecule has 0 spiro atoms. The zero-order chi connectivity index (χ0) is 13.0. The van der Waals surface area contributed by atoms with Crippen LogP contribution < -0.4 is 5.32 Å². The molecule has 1 saturated heterocycles. The Morgan fingerprint density at radius 3 is 2.78 bits per heavy atom. The minimum Gasteiger partial charge on any atom is -0.437 e. The average molecular weight is 269 g/mol. The molecule has 0 bridgehead atoms. The quantitative estimate of drug-likeness (QED) is 0.833.